The van der Waals surface area contributed by atoms with Gasteiger partial charge in [0.15, 0.2) is 5.78 Å². The van der Waals surface area contributed by atoms with Crippen LogP contribution in [0.15, 0.2) is 42.5 Å². The molecule has 0 aliphatic rings. The van der Waals surface area contributed by atoms with Crippen LogP contribution in [0.1, 0.15) is 21.5 Å². The van der Waals surface area contributed by atoms with Gasteiger partial charge in [0, 0.05) is 12.1 Å². The Kier molecular flexibility index (Phi) is 6.21. The average molecular weight is 378 g/mol. The summed E-state index contributed by atoms with van der Waals surface area (Å²) in [7, 11) is -2.19. The highest BCUT2D eigenvalue weighted by Gasteiger charge is 2.25. The summed E-state index contributed by atoms with van der Waals surface area (Å²) in [5.41, 5.74) is 1.77. The quantitative estimate of drug-likeness (QED) is 0.433. The Hall–Kier alpha value is -2.60. The highest BCUT2D eigenvalue weighted by atomic mass is 31.2. The second kappa shape index (κ2) is 8.19. The van der Waals surface area contributed by atoms with Crippen LogP contribution in [0, 0.1) is 6.92 Å². The summed E-state index contributed by atoms with van der Waals surface area (Å²) in [5.74, 6) is -0.558. The molecule has 0 unspecified atom stereocenters. The zero-order valence-electron chi connectivity index (χ0n) is 14.5. The van der Waals surface area contributed by atoms with E-state index in [1.165, 1.54) is 32.4 Å². The van der Waals surface area contributed by atoms with Crippen LogP contribution in [-0.2, 0) is 4.57 Å². The molecule has 0 saturated carbocycles. The molecule has 0 spiro atoms. The minimum Gasteiger partial charge on any atom is -0.496 e. The van der Waals surface area contributed by atoms with E-state index in [1.54, 1.807) is 6.08 Å². The van der Waals surface area contributed by atoms with E-state index in [4.69, 9.17) is 19.3 Å². The lowest BCUT2D eigenvalue weighted by atomic mass is 10.1. The molecule has 0 atom stereocenters. The first-order valence-corrected chi connectivity index (χ1v) is 9.07. The lowest BCUT2D eigenvalue weighted by Gasteiger charge is -2.15. The van der Waals surface area contributed by atoms with Crippen molar-refractivity contribution in [1.82, 2.24) is 0 Å². The van der Waals surface area contributed by atoms with Crippen molar-refractivity contribution in [2.24, 2.45) is 0 Å². The molecule has 0 saturated heterocycles. The summed E-state index contributed by atoms with van der Waals surface area (Å²) < 4.78 is 26.1. The van der Waals surface area contributed by atoms with E-state index < -0.39 is 13.6 Å². The first-order chi connectivity index (χ1) is 12.2. The Morgan fingerprint density at radius 2 is 1.65 bits per heavy atom. The molecule has 0 bridgehead atoms. The van der Waals surface area contributed by atoms with Gasteiger partial charge in [0.1, 0.15) is 22.8 Å². The van der Waals surface area contributed by atoms with Gasteiger partial charge in [-0.1, -0.05) is 35.9 Å². The molecule has 0 aromatic heterocycles. The lowest BCUT2D eigenvalue weighted by Crippen LogP contribution is -2.04. The number of ketones is 1. The number of ether oxygens (including phenoxy) is 2. The third kappa shape index (κ3) is 5.20. The first kappa shape index (κ1) is 19.7. The third-order valence-electron chi connectivity index (χ3n) is 3.46. The maximum atomic E-state index is 12.6. The fourth-order valence-electron chi connectivity index (χ4n) is 2.22. The van der Waals surface area contributed by atoms with Gasteiger partial charge in [0.2, 0.25) is 0 Å². The number of carbonyl (C=O) groups is 1. The number of hydrogen-bond acceptors (Lipinski definition) is 5. The van der Waals surface area contributed by atoms with Gasteiger partial charge in [0.25, 0.3) is 0 Å². The van der Waals surface area contributed by atoms with Crippen LogP contribution in [0.3, 0.4) is 0 Å². The minimum absolute atomic E-state index is 0.0753. The van der Waals surface area contributed by atoms with Gasteiger partial charge in [-0.05, 0) is 18.6 Å². The maximum absolute atomic E-state index is 12.6. The van der Waals surface area contributed by atoms with E-state index in [0.717, 1.165) is 11.1 Å². The van der Waals surface area contributed by atoms with Crippen molar-refractivity contribution < 1.29 is 33.1 Å². The van der Waals surface area contributed by atoms with Crippen LogP contribution < -0.4 is 14.0 Å². The number of methoxy groups -OCH3 is 2. The molecule has 26 heavy (non-hydrogen) atoms. The number of phosphoric acid groups is 1. The Bertz CT molecular complexity index is 866. The molecule has 0 heterocycles. The Labute approximate surface area is 151 Å². The molecule has 0 aliphatic heterocycles. The van der Waals surface area contributed by atoms with Crippen molar-refractivity contribution in [3.8, 4) is 17.2 Å². The van der Waals surface area contributed by atoms with Gasteiger partial charge in [0.05, 0.1) is 14.2 Å². The fourth-order valence-corrected chi connectivity index (χ4v) is 2.62. The molecule has 8 heteroatoms. The second-order valence-electron chi connectivity index (χ2n) is 5.39. The molecule has 0 fully saturated rings. The van der Waals surface area contributed by atoms with Gasteiger partial charge >= 0.3 is 7.82 Å². The molecule has 0 amide bonds. The van der Waals surface area contributed by atoms with Gasteiger partial charge in [-0.25, -0.2) is 4.57 Å². The van der Waals surface area contributed by atoms with Crippen molar-refractivity contribution in [2.75, 3.05) is 14.2 Å². The van der Waals surface area contributed by atoms with Gasteiger partial charge < -0.3 is 14.0 Å². The Morgan fingerprint density at radius 1 is 1.04 bits per heavy atom. The van der Waals surface area contributed by atoms with E-state index in [2.05, 4.69) is 4.52 Å². The highest BCUT2D eigenvalue weighted by Crippen LogP contribution is 2.43. The van der Waals surface area contributed by atoms with Crippen molar-refractivity contribution in [3.05, 3.63) is 59.2 Å². The molecule has 0 radical (unpaired) electrons. The number of phosphoric ester groups is 1. The summed E-state index contributed by atoms with van der Waals surface area (Å²) in [6, 6.07) is 10.1. The van der Waals surface area contributed by atoms with Crippen LogP contribution in [0.25, 0.3) is 6.08 Å². The van der Waals surface area contributed by atoms with Crippen LogP contribution >= 0.6 is 7.82 Å². The van der Waals surface area contributed by atoms with Crippen molar-refractivity contribution in [2.45, 2.75) is 6.92 Å². The highest BCUT2D eigenvalue weighted by molar-refractivity contribution is 7.46. The van der Waals surface area contributed by atoms with Gasteiger partial charge in [-0.3, -0.25) is 14.6 Å². The van der Waals surface area contributed by atoms with Crippen molar-refractivity contribution in [1.29, 1.82) is 0 Å². The van der Waals surface area contributed by atoms with Crippen LogP contribution in [0.4, 0.5) is 0 Å². The standard InChI is InChI=1S/C18H19O7P/c1-12-4-6-13(7-5-12)8-9-15(19)18-16(24-3)10-14(23-2)11-17(18)25-26(20,21)22/h4-11H,1-3H3,(H2,20,21,22)/b9-8+. The van der Waals surface area contributed by atoms with Crippen LogP contribution in [-0.4, -0.2) is 29.8 Å². The molecule has 2 aromatic rings. The number of hydrogen-bond donors (Lipinski definition) is 2. The van der Waals surface area contributed by atoms with Crippen LogP contribution in [0.5, 0.6) is 17.2 Å². The van der Waals surface area contributed by atoms with E-state index in [1.807, 2.05) is 31.2 Å². The van der Waals surface area contributed by atoms with E-state index in [9.17, 15) is 9.36 Å². The number of aryl methyl sites for hydroxylation is 1. The second-order valence-corrected chi connectivity index (χ2v) is 6.56. The SMILES string of the molecule is COc1cc(OC)c(C(=O)/C=C/c2ccc(C)cc2)c(OP(=O)(O)O)c1. The lowest BCUT2D eigenvalue weighted by molar-refractivity contribution is 0.104. The van der Waals surface area contributed by atoms with Gasteiger partial charge in [-0.2, -0.15) is 0 Å². The summed E-state index contributed by atoms with van der Waals surface area (Å²) in [4.78, 5) is 30.9. The summed E-state index contributed by atoms with van der Waals surface area (Å²) in [6.45, 7) is 1.95. The van der Waals surface area contributed by atoms with E-state index in [-0.39, 0.29) is 22.8 Å². The maximum Gasteiger partial charge on any atom is 0.524 e. The topological polar surface area (TPSA) is 102 Å². The predicted molar refractivity (Wildman–Crippen MR) is 96.8 cm³/mol. The Morgan fingerprint density at radius 3 is 2.19 bits per heavy atom. The van der Waals surface area contributed by atoms with Crippen molar-refractivity contribution >= 4 is 19.7 Å². The van der Waals surface area contributed by atoms with E-state index in [0.29, 0.717) is 0 Å². The number of rotatable bonds is 7. The zero-order chi connectivity index (χ0) is 19.3. The summed E-state index contributed by atoms with van der Waals surface area (Å²) >= 11 is 0. The van der Waals surface area contributed by atoms with Gasteiger partial charge in [-0.15, -0.1) is 0 Å². The van der Waals surface area contributed by atoms with Crippen LogP contribution in [0.2, 0.25) is 0 Å². The molecule has 0 aliphatic carbocycles. The number of benzene rings is 2. The largest absolute Gasteiger partial charge is 0.524 e. The molecular weight excluding hydrogens is 359 g/mol. The van der Waals surface area contributed by atoms with Crippen molar-refractivity contribution in [3.63, 3.8) is 0 Å². The first-order valence-electron chi connectivity index (χ1n) is 7.53. The van der Waals surface area contributed by atoms with E-state index >= 15 is 0 Å². The normalized spacial score (nSPS) is 11.4. The summed E-state index contributed by atoms with van der Waals surface area (Å²) in [5, 5.41) is 0. The summed E-state index contributed by atoms with van der Waals surface area (Å²) in [6.07, 6.45) is 2.87. The number of allylic oxidation sites excluding steroid dienone is 1. The third-order valence-corrected chi connectivity index (χ3v) is 3.90. The molecule has 7 nitrogen and oxygen atoms in total. The molecule has 2 aromatic carbocycles. The molecular formula is C18H19O7P. The Balaban J connectivity index is 2.46. The monoisotopic (exact) mass is 378 g/mol. The molecule has 2 rings (SSSR count). The predicted octanol–water partition coefficient (Wildman–Crippen LogP) is 3.38. The molecule has 2 N–H and O–H groups in total. The minimum atomic E-state index is -4.88. The number of carbonyl (C=O) groups excluding carboxylic acids is 1. The average Bonchev–Trinajstić information content (AvgIpc) is 2.58. The zero-order valence-corrected chi connectivity index (χ0v) is 15.4. The smallest absolute Gasteiger partial charge is 0.496 e. The molecule has 138 valence electrons. The fraction of sp³-hybridized carbons (Fsp3) is 0.167.